The van der Waals surface area contributed by atoms with Gasteiger partial charge in [-0.15, -0.1) is 11.3 Å². The first-order valence-corrected chi connectivity index (χ1v) is 7.26. The average Bonchev–Trinajstić information content (AvgIpc) is 2.92. The zero-order valence-corrected chi connectivity index (χ0v) is 11.7. The Kier molecular flexibility index (Phi) is 3.33. The standard InChI is InChI=1S/C15H14O5S/c16-10-7-15(20,14(18)19)9-6-11(21-13(9)12(10)17)8-4-2-1-3-5-8/h1-6,10,12,16-17,20H,7H2,(H,18,19)/t10-,12+,15+/m1/s1. The van der Waals surface area contributed by atoms with Crippen LogP contribution in [0.4, 0.5) is 0 Å². The number of aliphatic hydroxyl groups is 3. The first kappa shape index (κ1) is 14.2. The molecule has 0 spiro atoms. The molecule has 3 atom stereocenters. The summed E-state index contributed by atoms with van der Waals surface area (Å²) in [5, 5.41) is 39.6. The van der Waals surface area contributed by atoms with Gasteiger partial charge < -0.3 is 20.4 Å². The second-order valence-corrected chi connectivity index (χ2v) is 6.22. The van der Waals surface area contributed by atoms with Crippen LogP contribution < -0.4 is 0 Å². The Hall–Kier alpha value is -1.73. The van der Waals surface area contributed by atoms with E-state index in [-0.39, 0.29) is 5.56 Å². The molecule has 6 heteroatoms. The fourth-order valence-corrected chi connectivity index (χ4v) is 3.88. The van der Waals surface area contributed by atoms with Gasteiger partial charge in [0.05, 0.1) is 6.10 Å². The van der Waals surface area contributed by atoms with E-state index in [1.165, 1.54) is 11.3 Å². The summed E-state index contributed by atoms with van der Waals surface area (Å²) < 4.78 is 0. The molecule has 0 unspecified atom stereocenters. The van der Waals surface area contributed by atoms with Crippen LogP contribution in [-0.4, -0.2) is 32.5 Å². The summed E-state index contributed by atoms with van der Waals surface area (Å²) in [6, 6.07) is 10.9. The third-order valence-corrected chi connectivity index (χ3v) is 5.01. The van der Waals surface area contributed by atoms with Crippen LogP contribution in [0.1, 0.15) is 23.0 Å². The molecule has 110 valence electrons. The van der Waals surface area contributed by atoms with Crippen molar-refractivity contribution in [3.8, 4) is 10.4 Å². The summed E-state index contributed by atoms with van der Waals surface area (Å²) in [4.78, 5) is 12.4. The summed E-state index contributed by atoms with van der Waals surface area (Å²) in [5.41, 5.74) is -1.14. The molecule has 0 radical (unpaired) electrons. The predicted molar refractivity (Wildman–Crippen MR) is 76.9 cm³/mol. The number of rotatable bonds is 2. The molecular formula is C15H14O5S. The van der Waals surface area contributed by atoms with Gasteiger partial charge in [-0.2, -0.15) is 0 Å². The van der Waals surface area contributed by atoms with Crippen LogP contribution in [0, 0.1) is 0 Å². The van der Waals surface area contributed by atoms with Crippen LogP contribution in [0.2, 0.25) is 0 Å². The van der Waals surface area contributed by atoms with Gasteiger partial charge in [0.15, 0.2) is 5.60 Å². The van der Waals surface area contributed by atoms with Crippen molar-refractivity contribution in [3.05, 3.63) is 46.8 Å². The molecule has 1 aromatic carbocycles. The maximum Gasteiger partial charge on any atom is 0.340 e. The maximum absolute atomic E-state index is 11.4. The molecule has 2 aromatic rings. The molecule has 4 N–H and O–H groups in total. The lowest BCUT2D eigenvalue weighted by Crippen LogP contribution is -2.44. The highest BCUT2D eigenvalue weighted by Gasteiger charge is 2.49. The Morgan fingerprint density at radius 2 is 1.90 bits per heavy atom. The molecule has 3 rings (SSSR count). The minimum Gasteiger partial charge on any atom is -0.479 e. The van der Waals surface area contributed by atoms with Gasteiger partial charge in [0.1, 0.15) is 6.10 Å². The highest BCUT2D eigenvalue weighted by molar-refractivity contribution is 7.15. The Labute approximate surface area is 124 Å². The molecule has 0 bridgehead atoms. The van der Waals surface area contributed by atoms with Crippen LogP contribution in [-0.2, 0) is 10.4 Å². The molecule has 1 aliphatic rings. The molecule has 1 heterocycles. The fourth-order valence-electron chi connectivity index (χ4n) is 2.59. The van der Waals surface area contributed by atoms with Gasteiger partial charge in [-0.25, -0.2) is 4.79 Å². The van der Waals surface area contributed by atoms with Crippen LogP contribution in [0.3, 0.4) is 0 Å². The lowest BCUT2D eigenvalue weighted by Gasteiger charge is -2.34. The van der Waals surface area contributed by atoms with Gasteiger partial charge in [0, 0.05) is 21.7 Å². The minimum absolute atomic E-state index is 0.164. The Morgan fingerprint density at radius 3 is 2.52 bits per heavy atom. The van der Waals surface area contributed by atoms with Gasteiger partial charge in [0.2, 0.25) is 0 Å². The number of carboxylic acids is 1. The van der Waals surface area contributed by atoms with E-state index in [9.17, 15) is 25.2 Å². The van der Waals surface area contributed by atoms with Crippen molar-refractivity contribution < 1.29 is 25.2 Å². The monoisotopic (exact) mass is 306 g/mol. The minimum atomic E-state index is -2.17. The molecule has 1 aromatic heterocycles. The SMILES string of the molecule is O=C(O)[C@]1(O)C[C@@H](O)[C@H](O)c2sc(-c3ccccc3)cc21. The number of aliphatic hydroxyl groups excluding tert-OH is 2. The zero-order valence-electron chi connectivity index (χ0n) is 10.9. The highest BCUT2D eigenvalue weighted by Crippen LogP contribution is 2.47. The van der Waals surface area contributed by atoms with Gasteiger partial charge in [-0.1, -0.05) is 30.3 Å². The van der Waals surface area contributed by atoms with E-state index in [4.69, 9.17) is 0 Å². The molecule has 0 saturated heterocycles. The number of aliphatic carboxylic acids is 1. The summed E-state index contributed by atoms with van der Waals surface area (Å²) in [6.45, 7) is 0. The molecule has 0 fully saturated rings. The van der Waals surface area contributed by atoms with Gasteiger partial charge in [0.25, 0.3) is 0 Å². The fraction of sp³-hybridized carbons (Fsp3) is 0.267. The van der Waals surface area contributed by atoms with E-state index < -0.39 is 30.2 Å². The second-order valence-electron chi connectivity index (χ2n) is 5.14. The lowest BCUT2D eigenvalue weighted by atomic mass is 9.80. The van der Waals surface area contributed by atoms with Crippen molar-refractivity contribution in [3.63, 3.8) is 0 Å². The third kappa shape index (κ3) is 2.16. The van der Waals surface area contributed by atoms with E-state index in [0.717, 1.165) is 10.4 Å². The summed E-state index contributed by atoms with van der Waals surface area (Å²) >= 11 is 1.19. The largest absolute Gasteiger partial charge is 0.479 e. The smallest absolute Gasteiger partial charge is 0.340 e. The predicted octanol–water partition coefficient (Wildman–Crippen LogP) is 1.49. The van der Waals surface area contributed by atoms with Crippen molar-refractivity contribution >= 4 is 17.3 Å². The molecule has 21 heavy (non-hydrogen) atoms. The van der Waals surface area contributed by atoms with E-state index in [1.807, 2.05) is 30.3 Å². The van der Waals surface area contributed by atoms with Crippen molar-refractivity contribution in [2.75, 3.05) is 0 Å². The molecule has 1 aliphatic carbocycles. The Bertz CT molecular complexity index is 681. The van der Waals surface area contributed by atoms with Crippen LogP contribution in [0.5, 0.6) is 0 Å². The van der Waals surface area contributed by atoms with Crippen molar-refractivity contribution in [2.45, 2.75) is 24.2 Å². The van der Waals surface area contributed by atoms with Gasteiger partial charge in [-0.05, 0) is 11.6 Å². The van der Waals surface area contributed by atoms with Crippen molar-refractivity contribution in [2.24, 2.45) is 0 Å². The van der Waals surface area contributed by atoms with E-state index in [2.05, 4.69) is 0 Å². The van der Waals surface area contributed by atoms with E-state index >= 15 is 0 Å². The van der Waals surface area contributed by atoms with Crippen molar-refractivity contribution in [1.82, 2.24) is 0 Å². The number of hydrogen-bond donors (Lipinski definition) is 4. The van der Waals surface area contributed by atoms with Gasteiger partial charge in [-0.3, -0.25) is 0 Å². The topological polar surface area (TPSA) is 98.0 Å². The molecule has 0 amide bonds. The Morgan fingerprint density at radius 1 is 1.24 bits per heavy atom. The first-order chi connectivity index (χ1) is 9.93. The molecular weight excluding hydrogens is 292 g/mol. The van der Waals surface area contributed by atoms with E-state index in [1.54, 1.807) is 6.07 Å². The van der Waals surface area contributed by atoms with Gasteiger partial charge >= 0.3 is 5.97 Å². The summed E-state index contributed by atoms with van der Waals surface area (Å²) in [6.07, 6.45) is -2.91. The van der Waals surface area contributed by atoms with E-state index in [0.29, 0.717) is 4.88 Å². The Balaban J connectivity index is 2.17. The third-order valence-electron chi connectivity index (χ3n) is 3.76. The highest BCUT2D eigenvalue weighted by atomic mass is 32.1. The van der Waals surface area contributed by atoms with Crippen LogP contribution in [0.15, 0.2) is 36.4 Å². The number of fused-ring (bicyclic) bond motifs is 1. The molecule has 0 saturated carbocycles. The second kappa shape index (κ2) is 4.92. The quantitative estimate of drug-likeness (QED) is 0.674. The van der Waals surface area contributed by atoms with Crippen molar-refractivity contribution in [1.29, 1.82) is 0 Å². The molecule has 0 aliphatic heterocycles. The number of carbonyl (C=O) groups is 1. The number of hydrogen-bond acceptors (Lipinski definition) is 5. The zero-order chi connectivity index (χ0) is 15.2. The summed E-state index contributed by atoms with van der Waals surface area (Å²) in [7, 11) is 0. The van der Waals surface area contributed by atoms with Crippen LogP contribution in [0.25, 0.3) is 10.4 Å². The number of thiophene rings is 1. The maximum atomic E-state index is 11.4. The average molecular weight is 306 g/mol. The molecule has 5 nitrogen and oxygen atoms in total. The lowest BCUT2D eigenvalue weighted by molar-refractivity contribution is -0.168. The number of benzene rings is 1. The summed E-state index contributed by atoms with van der Waals surface area (Å²) in [5.74, 6) is -1.42. The first-order valence-electron chi connectivity index (χ1n) is 6.45. The van der Waals surface area contributed by atoms with Crippen LogP contribution >= 0.6 is 11.3 Å². The normalized spacial score (nSPS) is 28.1. The number of carboxylic acid groups (broad SMARTS) is 1.